The van der Waals surface area contributed by atoms with Crippen molar-refractivity contribution in [1.82, 2.24) is 24.8 Å². The lowest BCUT2D eigenvalue weighted by Gasteiger charge is -2.34. The summed E-state index contributed by atoms with van der Waals surface area (Å²) in [4.78, 5) is 36.4. The lowest BCUT2D eigenvalue weighted by molar-refractivity contribution is -0.135. The maximum absolute atomic E-state index is 12.3. The van der Waals surface area contributed by atoms with Gasteiger partial charge in [-0.1, -0.05) is 18.5 Å². The first-order valence-corrected chi connectivity index (χ1v) is 13.8. The van der Waals surface area contributed by atoms with Crippen molar-refractivity contribution >= 4 is 29.4 Å². The molecule has 0 aliphatic carbocycles. The van der Waals surface area contributed by atoms with E-state index in [2.05, 4.69) is 36.7 Å². The minimum absolute atomic E-state index is 0.0272. The minimum atomic E-state index is -0.0892. The number of amides is 1. The molecule has 0 saturated carbocycles. The number of piperidine rings is 2. The van der Waals surface area contributed by atoms with Crippen LogP contribution in [0.2, 0.25) is 5.02 Å². The Morgan fingerprint density at radius 2 is 1.68 bits per heavy atom. The van der Waals surface area contributed by atoms with E-state index in [0.717, 1.165) is 57.7 Å². The van der Waals surface area contributed by atoms with E-state index >= 15 is 0 Å². The molecule has 1 amide bonds. The molecule has 5 heterocycles. The van der Waals surface area contributed by atoms with E-state index in [-0.39, 0.29) is 18.0 Å². The van der Waals surface area contributed by atoms with Gasteiger partial charge in [0.2, 0.25) is 17.8 Å². The molecule has 0 radical (unpaired) electrons. The van der Waals surface area contributed by atoms with Crippen LogP contribution in [0.4, 0.5) is 11.9 Å². The van der Waals surface area contributed by atoms with Crippen molar-refractivity contribution in [2.45, 2.75) is 57.5 Å². The smallest absolute Gasteiger partial charge is 0.225 e. The van der Waals surface area contributed by atoms with Crippen molar-refractivity contribution in [3.05, 3.63) is 29.8 Å². The van der Waals surface area contributed by atoms with Gasteiger partial charge in [0.1, 0.15) is 0 Å². The second-order valence-corrected chi connectivity index (χ2v) is 11.0. The number of carbonyl (C=O) groups excluding carboxylic acids is 1. The number of halogens is 1. The summed E-state index contributed by atoms with van der Waals surface area (Å²) in [6.45, 7) is 6.98. The number of likely N-dealkylation sites (tertiary alicyclic amines) is 1. The average molecular weight is 529 g/mol. The molecule has 2 aromatic rings. The Balaban J connectivity index is 1.05. The molecule has 0 aromatic carbocycles. The van der Waals surface area contributed by atoms with Gasteiger partial charge in [-0.05, 0) is 43.9 Å². The highest BCUT2D eigenvalue weighted by Gasteiger charge is 2.38. The van der Waals surface area contributed by atoms with Crippen molar-refractivity contribution in [1.29, 1.82) is 0 Å². The van der Waals surface area contributed by atoms with Crippen LogP contribution in [0.1, 0.15) is 45.4 Å². The molecule has 2 aromatic heterocycles. The van der Waals surface area contributed by atoms with E-state index in [1.165, 1.54) is 0 Å². The zero-order chi connectivity index (χ0) is 25.8. The van der Waals surface area contributed by atoms with Crippen LogP contribution in [-0.4, -0.2) is 82.2 Å². The highest BCUT2D eigenvalue weighted by Crippen LogP contribution is 2.29. The second-order valence-electron chi connectivity index (χ2n) is 10.5. The van der Waals surface area contributed by atoms with Crippen LogP contribution >= 0.6 is 11.6 Å². The van der Waals surface area contributed by atoms with E-state index < -0.39 is 0 Å². The third-order valence-corrected chi connectivity index (χ3v) is 8.26. The van der Waals surface area contributed by atoms with E-state index in [1.54, 1.807) is 24.8 Å². The summed E-state index contributed by atoms with van der Waals surface area (Å²) in [5, 5.41) is 0.562. The number of nitrogens with zero attached hydrogens (tertiary/aromatic N) is 7. The van der Waals surface area contributed by atoms with Crippen LogP contribution < -0.4 is 20.3 Å². The Morgan fingerprint density at radius 3 is 2.38 bits per heavy atom. The monoisotopic (exact) mass is 528 g/mol. The molecule has 3 atom stereocenters. The molecule has 3 aliphatic rings. The number of hydrogen-bond acceptors (Lipinski definition) is 9. The Morgan fingerprint density at radius 1 is 1.00 bits per heavy atom. The van der Waals surface area contributed by atoms with Crippen molar-refractivity contribution < 1.29 is 9.53 Å². The zero-order valence-electron chi connectivity index (χ0n) is 21.5. The molecular formula is C26H37ClN8O2. The van der Waals surface area contributed by atoms with Gasteiger partial charge in [0.05, 0.1) is 42.5 Å². The van der Waals surface area contributed by atoms with Crippen LogP contribution in [0.25, 0.3) is 0 Å². The summed E-state index contributed by atoms with van der Waals surface area (Å²) in [5.74, 6) is 3.51. The van der Waals surface area contributed by atoms with Gasteiger partial charge in [-0.2, -0.15) is 0 Å². The molecule has 5 rings (SSSR count). The molecule has 2 N–H and O–H groups in total. The molecule has 0 bridgehead atoms. The number of nitrogens with two attached hydrogens (primary N) is 1. The Bertz CT molecular complexity index is 1030. The van der Waals surface area contributed by atoms with Gasteiger partial charge < -0.3 is 25.2 Å². The standard InChI is InChI=1S/C26H37ClN8O2/c1-18(19-5-9-33(10-6-19)25-29-12-20(27)13-30-25)7-11-37-21-14-31-26(32-15-21)34-16-22(28)23(17-34)35-8-3-2-4-24(35)36/h12-15,18-19,22-23H,2-11,16-17,28H2,1H3. The fourth-order valence-corrected chi connectivity index (χ4v) is 5.86. The summed E-state index contributed by atoms with van der Waals surface area (Å²) in [6, 6.07) is -0.0620. The van der Waals surface area contributed by atoms with Gasteiger partial charge in [0, 0.05) is 45.2 Å². The molecule has 3 saturated heterocycles. The number of carbonyl (C=O) groups is 1. The lowest BCUT2D eigenvalue weighted by atomic mass is 9.84. The molecule has 0 spiro atoms. The second kappa shape index (κ2) is 11.8. The number of hydrogen-bond donors (Lipinski definition) is 1. The third-order valence-electron chi connectivity index (χ3n) is 8.07. The van der Waals surface area contributed by atoms with Crippen molar-refractivity contribution in [2.75, 3.05) is 49.1 Å². The van der Waals surface area contributed by atoms with Crippen molar-refractivity contribution in [3.8, 4) is 5.75 Å². The minimum Gasteiger partial charge on any atom is -0.490 e. The Kier molecular flexibility index (Phi) is 8.24. The van der Waals surface area contributed by atoms with Gasteiger partial charge >= 0.3 is 0 Å². The van der Waals surface area contributed by atoms with E-state index in [1.807, 2.05) is 4.90 Å². The molecule has 11 heteroatoms. The van der Waals surface area contributed by atoms with Gasteiger partial charge in [-0.25, -0.2) is 19.9 Å². The first kappa shape index (κ1) is 25.9. The van der Waals surface area contributed by atoms with Crippen LogP contribution in [0.3, 0.4) is 0 Å². The summed E-state index contributed by atoms with van der Waals surface area (Å²) in [7, 11) is 0. The maximum Gasteiger partial charge on any atom is 0.225 e. The van der Waals surface area contributed by atoms with E-state index in [0.29, 0.717) is 54.7 Å². The first-order valence-electron chi connectivity index (χ1n) is 13.5. The fourth-order valence-electron chi connectivity index (χ4n) is 5.77. The molecular weight excluding hydrogens is 492 g/mol. The van der Waals surface area contributed by atoms with Gasteiger partial charge in [-0.15, -0.1) is 0 Å². The SMILES string of the molecule is CC(CCOc1cnc(N2CC(N)C(N3CCCCC3=O)C2)nc1)C1CCN(c2ncc(Cl)cn2)CC1. The van der Waals surface area contributed by atoms with Gasteiger partial charge in [0.25, 0.3) is 0 Å². The Labute approximate surface area is 223 Å². The number of rotatable bonds is 8. The number of aromatic nitrogens is 4. The molecule has 37 heavy (non-hydrogen) atoms. The molecule has 10 nitrogen and oxygen atoms in total. The topological polar surface area (TPSA) is 114 Å². The zero-order valence-corrected chi connectivity index (χ0v) is 22.3. The van der Waals surface area contributed by atoms with Crippen molar-refractivity contribution in [2.24, 2.45) is 17.6 Å². The predicted octanol–water partition coefficient (Wildman–Crippen LogP) is 2.77. The van der Waals surface area contributed by atoms with Gasteiger partial charge in [-0.3, -0.25) is 4.79 Å². The highest BCUT2D eigenvalue weighted by molar-refractivity contribution is 6.30. The Hall–Kier alpha value is -2.72. The first-order chi connectivity index (χ1) is 18.0. The summed E-state index contributed by atoms with van der Waals surface area (Å²) >= 11 is 5.91. The van der Waals surface area contributed by atoms with E-state index in [4.69, 9.17) is 22.1 Å². The summed E-state index contributed by atoms with van der Waals surface area (Å²) in [6.07, 6.45) is 12.7. The third kappa shape index (κ3) is 6.23. The fraction of sp³-hybridized carbons (Fsp3) is 0.654. The van der Waals surface area contributed by atoms with E-state index in [9.17, 15) is 4.79 Å². The normalized spacial score (nSPS) is 24.0. The molecule has 3 aliphatic heterocycles. The average Bonchev–Trinajstić information content (AvgIpc) is 3.31. The molecule has 3 unspecified atom stereocenters. The quantitative estimate of drug-likeness (QED) is 0.552. The van der Waals surface area contributed by atoms with Crippen LogP contribution in [0, 0.1) is 11.8 Å². The largest absolute Gasteiger partial charge is 0.490 e. The highest BCUT2D eigenvalue weighted by atomic mass is 35.5. The molecule has 200 valence electrons. The van der Waals surface area contributed by atoms with Crippen LogP contribution in [0.15, 0.2) is 24.8 Å². The molecule has 3 fully saturated rings. The maximum atomic E-state index is 12.3. The predicted molar refractivity (Wildman–Crippen MR) is 143 cm³/mol. The van der Waals surface area contributed by atoms with Crippen molar-refractivity contribution in [3.63, 3.8) is 0 Å². The number of ether oxygens (including phenoxy) is 1. The lowest BCUT2D eigenvalue weighted by Crippen LogP contribution is -2.51. The van der Waals surface area contributed by atoms with Gasteiger partial charge in [0.15, 0.2) is 5.75 Å². The number of anilines is 2. The van der Waals surface area contributed by atoms with Crippen LogP contribution in [0.5, 0.6) is 5.75 Å². The summed E-state index contributed by atoms with van der Waals surface area (Å²) < 4.78 is 5.97. The van der Waals surface area contributed by atoms with Crippen LogP contribution in [-0.2, 0) is 4.79 Å². The summed E-state index contributed by atoms with van der Waals surface area (Å²) in [5.41, 5.74) is 6.40.